The van der Waals surface area contributed by atoms with Gasteiger partial charge in [0, 0.05) is 5.57 Å². The van der Waals surface area contributed by atoms with Gasteiger partial charge in [0.25, 0.3) is 0 Å². The molecule has 0 unspecified atom stereocenters. The minimum Gasteiger partial charge on any atom is -0.193 e. The summed E-state index contributed by atoms with van der Waals surface area (Å²) in [5.74, 6) is 0.768. The zero-order chi connectivity index (χ0) is 7.56. The highest BCUT2D eigenvalue weighted by molar-refractivity contribution is 5.29. The molecule has 0 bridgehead atoms. The van der Waals surface area contributed by atoms with Crippen LogP contribution in [0.25, 0.3) is 0 Å². The predicted octanol–water partition coefficient (Wildman–Crippen LogP) is 2.65. The summed E-state index contributed by atoms with van der Waals surface area (Å²) in [5, 5.41) is 8.61. The van der Waals surface area contributed by atoms with Gasteiger partial charge in [-0.3, -0.25) is 0 Å². The van der Waals surface area contributed by atoms with E-state index in [0.29, 0.717) is 0 Å². The second-order valence-electron chi connectivity index (χ2n) is 2.89. The average Bonchev–Trinajstić information content (AvgIpc) is 2.73. The van der Waals surface area contributed by atoms with E-state index in [1.807, 2.05) is 6.92 Å². The summed E-state index contributed by atoms with van der Waals surface area (Å²) in [6.45, 7) is 4.06. The van der Waals surface area contributed by atoms with E-state index in [1.54, 1.807) is 0 Å². The van der Waals surface area contributed by atoms with Crippen LogP contribution in [-0.2, 0) is 0 Å². The van der Waals surface area contributed by atoms with E-state index in [1.165, 1.54) is 18.4 Å². The van der Waals surface area contributed by atoms with Crippen molar-refractivity contribution < 1.29 is 0 Å². The minimum absolute atomic E-state index is 0.768. The first kappa shape index (κ1) is 7.34. The van der Waals surface area contributed by atoms with E-state index in [0.717, 1.165) is 17.9 Å². The van der Waals surface area contributed by atoms with Crippen molar-refractivity contribution in [2.75, 3.05) is 0 Å². The fourth-order valence-electron chi connectivity index (χ4n) is 1.36. The zero-order valence-electron chi connectivity index (χ0n) is 6.65. The zero-order valence-corrected chi connectivity index (χ0v) is 6.65. The molecule has 1 aliphatic rings. The van der Waals surface area contributed by atoms with Crippen LogP contribution in [0.1, 0.15) is 33.1 Å². The summed E-state index contributed by atoms with van der Waals surface area (Å²) in [6.07, 6.45) is 3.68. The van der Waals surface area contributed by atoms with E-state index < -0.39 is 0 Å². The standard InChI is InChI=1S/C9H13N/c1-3-9(7(2)6-10)8-4-5-8/h8H,3-5H2,1-2H3. The lowest BCUT2D eigenvalue weighted by molar-refractivity contribution is 0.895. The van der Waals surface area contributed by atoms with Gasteiger partial charge >= 0.3 is 0 Å². The number of nitriles is 1. The maximum atomic E-state index is 8.61. The first-order chi connectivity index (χ1) is 4.79. The van der Waals surface area contributed by atoms with Crippen molar-refractivity contribution >= 4 is 0 Å². The lowest BCUT2D eigenvalue weighted by Crippen LogP contribution is -1.87. The third-order valence-corrected chi connectivity index (χ3v) is 2.10. The molecule has 0 aromatic heterocycles. The van der Waals surface area contributed by atoms with Crippen LogP contribution >= 0.6 is 0 Å². The maximum absolute atomic E-state index is 8.61. The van der Waals surface area contributed by atoms with Gasteiger partial charge < -0.3 is 0 Å². The molecule has 1 nitrogen and oxygen atoms in total. The van der Waals surface area contributed by atoms with Crippen molar-refractivity contribution in [1.29, 1.82) is 5.26 Å². The molecule has 1 rings (SSSR count). The van der Waals surface area contributed by atoms with Crippen LogP contribution in [0.15, 0.2) is 11.1 Å². The van der Waals surface area contributed by atoms with Crippen LogP contribution in [0.3, 0.4) is 0 Å². The van der Waals surface area contributed by atoms with Gasteiger partial charge in [0.1, 0.15) is 0 Å². The van der Waals surface area contributed by atoms with Crippen molar-refractivity contribution in [3.63, 3.8) is 0 Å². The Morgan fingerprint density at radius 3 is 2.50 bits per heavy atom. The third-order valence-electron chi connectivity index (χ3n) is 2.10. The summed E-state index contributed by atoms with van der Waals surface area (Å²) in [6, 6.07) is 2.22. The molecule has 0 aliphatic heterocycles. The summed E-state index contributed by atoms with van der Waals surface area (Å²) >= 11 is 0. The maximum Gasteiger partial charge on any atom is 0.0943 e. The van der Waals surface area contributed by atoms with Gasteiger partial charge in [0.2, 0.25) is 0 Å². The lowest BCUT2D eigenvalue weighted by atomic mass is 10.0. The van der Waals surface area contributed by atoms with Gasteiger partial charge in [0.15, 0.2) is 0 Å². The van der Waals surface area contributed by atoms with Gasteiger partial charge in [-0.2, -0.15) is 5.26 Å². The molecule has 0 atom stereocenters. The van der Waals surface area contributed by atoms with Gasteiger partial charge in [-0.05, 0) is 32.1 Å². The quantitative estimate of drug-likeness (QED) is 0.534. The third kappa shape index (κ3) is 1.39. The highest BCUT2D eigenvalue weighted by atomic mass is 14.3. The topological polar surface area (TPSA) is 23.8 Å². The molecule has 0 radical (unpaired) electrons. The monoisotopic (exact) mass is 135 g/mol. The predicted molar refractivity (Wildman–Crippen MR) is 41.3 cm³/mol. The van der Waals surface area contributed by atoms with Gasteiger partial charge in [-0.15, -0.1) is 0 Å². The highest BCUT2D eigenvalue weighted by Crippen LogP contribution is 2.39. The Balaban J connectivity index is 2.72. The summed E-state index contributed by atoms with van der Waals surface area (Å²) < 4.78 is 0. The molecule has 0 amide bonds. The number of allylic oxidation sites excluding steroid dienone is 2. The van der Waals surface area contributed by atoms with Crippen LogP contribution < -0.4 is 0 Å². The molecular formula is C9H13N. The molecule has 0 N–H and O–H groups in total. The highest BCUT2D eigenvalue weighted by Gasteiger charge is 2.25. The van der Waals surface area contributed by atoms with Crippen molar-refractivity contribution in [2.45, 2.75) is 33.1 Å². The SMILES string of the molecule is CCC(=C(C)C#N)C1CC1. The molecule has 10 heavy (non-hydrogen) atoms. The largest absolute Gasteiger partial charge is 0.193 e. The van der Waals surface area contributed by atoms with Crippen LogP contribution in [0, 0.1) is 17.2 Å². The van der Waals surface area contributed by atoms with E-state index in [-0.39, 0.29) is 0 Å². The Kier molecular flexibility index (Phi) is 2.11. The van der Waals surface area contributed by atoms with E-state index >= 15 is 0 Å². The van der Waals surface area contributed by atoms with E-state index in [2.05, 4.69) is 13.0 Å². The van der Waals surface area contributed by atoms with Gasteiger partial charge in [-0.1, -0.05) is 12.5 Å². The molecule has 1 saturated carbocycles. The molecule has 0 saturated heterocycles. The summed E-state index contributed by atoms with van der Waals surface area (Å²) in [7, 11) is 0. The molecular weight excluding hydrogens is 122 g/mol. The Bertz CT molecular complexity index is 191. The first-order valence-corrected chi connectivity index (χ1v) is 3.89. The fourth-order valence-corrected chi connectivity index (χ4v) is 1.36. The molecule has 1 heteroatoms. The Labute approximate surface area is 62.4 Å². The molecule has 1 fully saturated rings. The summed E-state index contributed by atoms with van der Waals surface area (Å²) in [4.78, 5) is 0. The molecule has 54 valence electrons. The minimum atomic E-state index is 0.768. The van der Waals surface area contributed by atoms with Crippen LogP contribution in [-0.4, -0.2) is 0 Å². The average molecular weight is 135 g/mol. The van der Waals surface area contributed by atoms with Crippen LogP contribution in [0.4, 0.5) is 0 Å². The van der Waals surface area contributed by atoms with E-state index in [9.17, 15) is 0 Å². The fraction of sp³-hybridized carbons (Fsp3) is 0.667. The van der Waals surface area contributed by atoms with Gasteiger partial charge in [0.05, 0.1) is 6.07 Å². The molecule has 0 aromatic carbocycles. The lowest BCUT2D eigenvalue weighted by Gasteiger charge is -2.00. The second kappa shape index (κ2) is 2.88. The molecule has 0 heterocycles. The van der Waals surface area contributed by atoms with Gasteiger partial charge in [-0.25, -0.2) is 0 Å². The number of rotatable bonds is 2. The van der Waals surface area contributed by atoms with Crippen LogP contribution in [0.2, 0.25) is 0 Å². The number of nitrogens with zero attached hydrogens (tertiary/aromatic N) is 1. The molecule has 1 aliphatic carbocycles. The normalized spacial score (nSPS) is 19.7. The van der Waals surface area contributed by atoms with Crippen LogP contribution in [0.5, 0.6) is 0 Å². The Hall–Kier alpha value is -0.770. The second-order valence-corrected chi connectivity index (χ2v) is 2.89. The van der Waals surface area contributed by atoms with Crippen molar-refractivity contribution in [2.24, 2.45) is 5.92 Å². The number of hydrogen-bond acceptors (Lipinski definition) is 1. The Morgan fingerprint density at radius 2 is 2.20 bits per heavy atom. The van der Waals surface area contributed by atoms with Crippen molar-refractivity contribution in [3.05, 3.63) is 11.1 Å². The molecule has 0 spiro atoms. The van der Waals surface area contributed by atoms with E-state index in [4.69, 9.17) is 5.26 Å². The van der Waals surface area contributed by atoms with Crippen molar-refractivity contribution in [1.82, 2.24) is 0 Å². The first-order valence-electron chi connectivity index (χ1n) is 3.89. The van der Waals surface area contributed by atoms with Crippen molar-refractivity contribution in [3.8, 4) is 6.07 Å². The Morgan fingerprint density at radius 1 is 1.60 bits per heavy atom. The molecule has 0 aromatic rings. The summed E-state index contributed by atoms with van der Waals surface area (Å²) in [5.41, 5.74) is 2.34. The smallest absolute Gasteiger partial charge is 0.0943 e. The number of hydrogen-bond donors (Lipinski definition) is 0.